The molecule has 1 aliphatic heterocycles. The van der Waals surface area contributed by atoms with Gasteiger partial charge in [-0.05, 0) is 37.0 Å². The van der Waals surface area contributed by atoms with Crippen molar-refractivity contribution in [2.75, 3.05) is 13.1 Å². The molecule has 5 nitrogen and oxygen atoms in total. The van der Waals surface area contributed by atoms with Gasteiger partial charge in [0.2, 0.25) is 5.91 Å². The number of nitrogens with zero attached hydrogens (tertiary/aromatic N) is 1. The highest BCUT2D eigenvalue weighted by Crippen LogP contribution is 2.42. The monoisotopic (exact) mass is 365 g/mol. The predicted octanol–water partition coefficient (Wildman–Crippen LogP) is 2.84. The van der Waals surface area contributed by atoms with Crippen LogP contribution in [0.3, 0.4) is 0 Å². The number of carboxylic acids is 1. The van der Waals surface area contributed by atoms with Crippen molar-refractivity contribution in [2.45, 2.75) is 50.0 Å². The highest BCUT2D eigenvalue weighted by molar-refractivity contribution is 6.30. The summed E-state index contributed by atoms with van der Waals surface area (Å²) in [5.74, 6) is -1.97. The zero-order valence-electron chi connectivity index (χ0n) is 14.2. The van der Waals surface area contributed by atoms with Gasteiger partial charge in [0.05, 0.1) is 11.5 Å². The molecule has 2 fully saturated rings. The summed E-state index contributed by atoms with van der Waals surface area (Å²) in [6.45, 7) is 0.476. The van der Waals surface area contributed by atoms with Crippen LogP contribution in [0, 0.1) is 5.92 Å². The standard InChI is InChI=1S/C19H24ClNO4/c20-14-6-4-13(5-7-14)19(9-2-1-3-10-19)18(25)21-11-8-16(22)15(12-21)17(23)24/h4-7,15-16,22H,1-3,8-12H2,(H,23,24)/t15-,16-/m0/s1. The summed E-state index contributed by atoms with van der Waals surface area (Å²) in [5.41, 5.74) is 0.355. The number of carbonyl (C=O) groups excluding carboxylic acids is 1. The maximum Gasteiger partial charge on any atom is 0.310 e. The van der Waals surface area contributed by atoms with E-state index in [1.807, 2.05) is 12.1 Å². The number of rotatable bonds is 3. The van der Waals surface area contributed by atoms with E-state index < -0.39 is 23.4 Å². The molecule has 0 spiro atoms. The lowest BCUT2D eigenvalue weighted by Gasteiger charge is -2.43. The molecule has 2 aliphatic rings. The Labute approximate surface area is 152 Å². The number of likely N-dealkylation sites (tertiary alicyclic amines) is 1. The summed E-state index contributed by atoms with van der Waals surface area (Å²) in [5, 5.41) is 19.9. The van der Waals surface area contributed by atoms with Gasteiger partial charge in [0.25, 0.3) is 0 Å². The number of halogens is 1. The lowest BCUT2D eigenvalue weighted by molar-refractivity contribution is -0.153. The van der Waals surface area contributed by atoms with Crippen LogP contribution in [-0.4, -0.2) is 46.2 Å². The Morgan fingerprint density at radius 2 is 1.76 bits per heavy atom. The molecule has 0 aromatic heterocycles. The Bertz CT molecular complexity index is 639. The van der Waals surface area contributed by atoms with E-state index in [4.69, 9.17) is 11.6 Å². The second-order valence-electron chi connectivity index (χ2n) is 7.20. The molecule has 2 atom stereocenters. The van der Waals surface area contributed by atoms with Crippen LogP contribution in [0.4, 0.5) is 0 Å². The fraction of sp³-hybridized carbons (Fsp3) is 0.579. The van der Waals surface area contributed by atoms with Crippen LogP contribution < -0.4 is 0 Å². The van der Waals surface area contributed by atoms with Gasteiger partial charge in [-0.3, -0.25) is 9.59 Å². The van der Waals surface area contributed by atoms with Crippen molar-refractivity contribution < 1.29 is 19.8 Å². The van der Waals surface area contributed by atoms with Crippen LogP contribution >= 0.6 is 11.6 Å². The molecule has 1 saturated heterocycles. The summed E-state index contributed by atoms with van der Waals surface area (Å²) < 4.78 is 0. The smallest absolute Gasteiger partial charge is 0.310 e. The maximum absolute atomic E-state index is 13.5. The Hall–Kier alpha value is -1.59. The summed E-state index contributed by atoms with van der Waals surface area (Å²) in [7, 11) is 0. The Morgan fingerprint density at radius 1 is 1.12 bits per heavy atom. The van der Waals surface area contributed by atoms with Gasteiger partial charge < -0.3 is 15.1 Å². The minimum atomic E-state index is -1.05. The first-order valence-corrected chi connectivity index (χ1v) is 9.28. The first-order valence-electron chi connectivity index (χ1n) is 8.90. The van der Waals surface area contributed by atoms with E-state index in [1.165, 1.54) is 0 Å². The molecule has 1 aromatic rings. The van der Waals surface area contributed by atoms with E-state index in [1.54, 1.807) is 17.0 Å². The molecule has 1 amide bonds. The molecule has 1 aliphatic carbocycles. The largest absolute Gasteiger partial charge is 0.481 e. The van der Waals surface area contributed by atoms with Crippen molar-refractivity contribution in [2.24, 2.45) is 5.92 Å². The maximum atomic E-state index is 13.5. The van der Waals surface area contributed by atoms with Crippen molar-refractivity contribution in [3.8, 4) is 0 Å². The van der Waals surface area contributed by atoms with Gasteiger partial charge in [-0.1, -0.05) is 43.0 Å². The van der Waals surface area contributed by atoms with Crippen LogP contribution in [0.15, 0.2) is 24.3 Å². The summed E-state index contributed by atoms with van der Waals surface area (Å²) in [4.78, 5) is 26.5. The molecular formula is C19H24ClNO4. The van der Waals surface area contributed by atoms with Crippen molar-refractivity contribution >= 4 is 23.5 Å². The van der Waals surface area contributed by atoms with Crippen LogP contribution in [0.25, 0.3) is 0 Å². The zero-order valence-corrected chi connectivity index (χ0v) is 14.9. The third kappa shape index (κ3) is 3.53. The van der Waals surface area contributed by atoms with Gasteiger partial charge in [0.15, 0.2) is 0 Å². The lowest BCUT2D eigenvalue weighted by Crippen LogP contribution is -2.55. The van der Waals surface area contributed by atoms with Gasteiger partial charge in [0.1, 0.15) is 5.92 Å². The van der Waals surface area contributed by atoms with E-state index in [-0.39, 0.29) is 12.5 Å². The average Bonchev–Trinajstić information content (AvgIpc) is 2.62. The van der Waals surface area contributed by atoms with E-state index in [9.17, 15) is 19.8 Å². The van der Waals surface area contributed by atoms with Crippen molar-refractivity contribution in [3.05, 3.63) is 34.9 Å². The number of amides is 1. The van der Waals surface area contributed by atoms with Crippen molar-refractivity contribution in [1.29, 1.82) is 0 Å². The molecular weight excluding hydrogens is 342 g/mol. The summed E-state index contributed by atoms with van der Waals surface area (Å²) in [6.07, 6.45) is 4.02. The number of piperidine rings is 1. The lowest BCUT2D eigenvalue weighted by atomic mass is 9.68. The molecule has 1 aromatic carbocycles. The van der Waals surface area contributed by atoms with Crippen LogP contribution in [0.2, 0.25) is 5.02 Å². The molecule has 1 heterocycles. The number of hydrogen-bond donors (Lipinski definition) is 2. The van der Waals surface area contributed by atoms with E-state index in [0.717, 1.165) is 37.7 Å². The fourth-order valence-corrected chi connectivity index (χ4v) is 4.35. The summed E-state index contributed by atoms with van der Waals surface area (Å²) in [6, 6.07) is 7.44. The molecule has 2 N–H and O–H groups in total. The minimum Gasteiger partial charge on any atom is -0.481 e. The highest BCUT2D eigenvalue weighted by atomic mass is 35.5. The zero-order chi connectivity index (χ0) is 18.0. The quantitative estimate of drug-likeness (QED) is 0.863. The molecule has 0 radical (unpaired) electrons. The van der Waals surface area contributed by atoms with E-state index in [2.05, 4.69) is 0 Å². The topological polar surface area (TPSA) is 77.8 Å². The molecule has 0 unspecified atom stereocenters. The molecule has 3 rings (SSSR count). The molecule has 1 saturated carbocycles. The number of benzene rings is 1. The Kier molecular flexibility index (Phi) is 5.35. The van der Waals surface area contributed by atoms with E-state index >= 15 is 0 Å². The minimum absolute atomic E-state index is 0.00678. The van der Waals surface area contributed by atoms with Crippen LogP contribution in [-0.2, 0) is 15.0 Å². The summed E-state index contributed by atoms with van der Waals surface area (Å²) >= 11 is 6.01. The number of aliphatic hydroxyl groups is 1. The third-order valence-electron chi connectivity index (χ3n) is 5.69. The van der Waals surface area contributed by atoms with Gasteiger partial charge in [0, 0.05) is 18.1 Å². The molecule has 136 valence electrons. The van der Waals surface area contributed by atoms with Gasteiger partial charge in [-0.2, -0.15) is 0 Å². The molecule has 0 bridgehead atoms. The van der Waals surface area contributed by atoms with Crippen molar-refractivity contribution in [1.82, 2.24) is 4.90 Å². The van der Waals surface area contributed by atoms with E-state index in [0.29, 0.717) is 18.0 Å². The third-order valence-corrected chi connectivity index (χ3v) is 5.95. The van der Waals surface area contributed by atoms with Gasteiger partial charge >= 0.3 is 5.97 Å². The number of carboxylic acid groups (broad SMARTS) is 1. The second kappa shape index (κ2) is 7.34. The molecule has 6 heteroatoms. The number of carbonyl (C=O) groups is 2. The van der Waals surface area contributed by atoms with Crippen LogP contribution in [0.1, 0.15) is 44.1 Å². The SMILES string of the molecule is O=C(O)[C@H]1CN(C(=O)C2(c3ccc(Cl)cc3)CCCCC2)CC[C@@H]1O. The van der Waals surface area contributed by atoms with Gasteiger partial charge in [-0.15, -0.1) is 0 Å². The number of aliphatic carboxylic acids is 1. The van der Waals surface area contributed by atoms with Gasteiger partial charge in [-0.25, -0.2) is 0 Å². The first kappa shape index (κ1) is 18.2. The Balaban J connectivity index is 1.89. The average molecular weight is 366 g/mol. The van der Waals surface area contributed by atoms with Crippen molar-refractivity contribution in [3.63, 3.8) is 0 Å². The number of hydrogen-bond acceptors (Lipinski definition) is 3. The Morgan fingerprint density at radius 3 is 2.36 bits per heavy atom. The highest BCUT2D eigenvalue weighted by Gasteiger charge is 2.46. The molecule has 25 heavy (non-hydrogen) atoms. The first-order chi connectivity index (χ1) is 11.9. The fourth-order valence-electron chi connectivity index (χ4n) is 4.22. The number of aliphatic hydroxyl groups excluding tert-OH is 1. The normalized spacial score (nSPS) is 26.2. The van der Waals surface area contributed by atoms with Crippen LogP contribution in [0.5, 0.6) is 0 Å². The predicted molar refractivity (Wildman–Crippen MR) is 94.5 cm³/mol. The second-order valence-corrected chi connectivity index (χ2v) is 7.64.